The maximum Gasteiger partial charge on any atom is 0.343 e. The number of thioether (sulfide) groups is 1. The van der Waals surface area contributed by atoms with Gasteiger partial charge in [-0.1, -0.05) is 36.9 Å². The first-order chi connectivity index (χ1) is 11.6. The summed E-state index contributed by atoms with van der Waals surface area (Å²) in [5.41, 5.74) is 2.01. The number of amides is 1. The molecule has 0 spiro atoms. The predicted molar refractivity (Wildman–Crippen MR) is 95.6 cm³/mol. The van der Waals surface area contributed by atoms with Crippen LogP contribution in [-0.4, -0.2) is 32.5 Å². The number of carbonyl (C=O) groups excluding carboxylic acids is 1. The number of aromatic amines is 1. The van der Waals surface area contributed by atoms with Gasteiger partial charge in [-0.15, -0.1) is 5.10 Å². The van der Waals surface area contributed by atoms with E-state index in [0.29, 0.717) is 11.7 Å². The standard InChI is InChI=1S/C17H22N4O2S/c1-3-10-21-16(23)18-19-17(21)24-12(2)15(22)20-11-6-8-13-7-4-5-9-14(13)20/h4-5,7,9,12H,3,6,8,10-11H2,1-2H3,(H,18,23). The van der Waals surface area contributed by atoms with Crippen LogP contribution in [0.15, 0.2) is 34.2 Å². The zero-order chi connectivity index (χ0) is 17.1. The number of aromatic nitrogens is 3. The second-order valence-corrected chi connectivity index (χ2v) is 7.25. The van der Waals surface area contributed by atoms with E-state index in [1.165, 1.54) is 17.3 Å². The highest BCUT2D eigenvalue weighted by molar-refractivity contribution is 8.00. The van der Waals surface area contributed by atoms with Gasteiger partial charge in [-0.05, 0) is 37.8 Å². The second-order valence-electron chi connectivity index (χ2n) is 5.95. The lowest BCUT2D eigenvalue weighted by Gasteiger charge is -2.31. The number of aryl methyl sites for hydroxylation is 1. The summed E-state index contributed by atoms with van der Waals surface area (Å²) in [5, 5.41) is 6.81. The van der Waals surface area contributed by atoms with Crippen LogP contribution in [-0.2, 0) is 17.8 Å². The molecule has 1 N–H and O–H groups in total. The molecule has 3 rings (SSSR count). The van der Waals surface area contributed by atoms with E-state index in [1.54, 1.807) is 4.57 Å². The molecular formula is C17H22N4O2S. The molecule has 0 bridgehead atoms. The Labute approximate surface area is 145 Å². The highest BCUT2D eigenvalue weighted by atomic mass is 32.2. The Hall–Kier alpha value is -2.02. The summed E-state index contributed by atoms with van der Waals surface area (Å²) in [5.74, 6) is 0.0608. The summed E-state index contributed by atoms with van der Waals surface area (Å²) in [6.07, 6.45) is 2.83. The zero-order valence-corrected chi connectivity index (χ0v) is 14.8. The minimum absolute atomic E-state index is 0.0608. The molecule has 0 saturated heterocycles. The van der Waals surface area contributed by atoms with Crippen LogP contribution in [0.2, 0.25) is 0 Å². The minimum Gasteiger partial charge on any atom is -0.311 e. The van der Waals surface area contributed by atoms with Crippen molar-refractivity contribution in [2.75, 3.05) is 11.4 Å². The molecule has 0 aliphatic carbocycles. The highest BCUT2D eigenvalue weighted by Gasteiger charge is 2.27. The van der Waals surface area contributed by atoms with Gasteiger partial charge in [-0.25, -0.2) is 9.89 Å². The van der Waals surface area contributed by atoms with Gasteiger partial charge in [-0.2, -0.15) is 0 Å². The molecule has 2 aromatic rings. The third-order valence-corrected chi connectivity index (χ3v) is 5.25. The first kappa shape index (κ1) is 16.8. The van der Waals surface area contributed by atoms with Crippen LogP contribution in [0, 0.1) is 0 Å². The van der Waals surface area contributed by atoms with Crippen LogP contribution < -0.4 is 10.6 Å². The van der Waals surface area contributed by atoms with E-state index in [0.717, 1.165) is 31.5 Å². The number of carbonyl (C=O) groups is 1. The highest BCUT2D eigenvalue weighted by Crippen LogP contribution is 2.30. The van der Waals surface area contributed by atoms with Crippen LogP contribution >= 0.6 is 11.8 Å². The molecule has 1 aromatic carbocycles. The van der Waals surface area contributed by atoms with Gasteiger partial charge in [0.1, 0.15) is 0 Å². The fraction of sp³-hybridized carbons (Fsp3) is 0.471. The van der Waals surface area contributed by atoms with Crippen molar-refractivity contribution in [2.45, 2.75) is 50.1 Å². The van der Waals surface area contributed by atoms with Crippen molar-refractivity contribution in [1.82, 2.24) is 14.8 Å². The van der Waals surface area contributed by atoms with Gasteiger partial charge < -0.3 is 4.90 Å². The Kier molecular flexibility index (Phi) is 5.08. The lowest BCUT2D eigenvalue weighted by Crippen LogP contribution is -2.40. The molecule has 0 saturated carbocycles. The molecule has 1 aromatic heterocycles. The van der Waals surface area contributed by atoms with E-state index in [1.807, 2.05) is 36.9 Å². The number of hydrogen-bond acceptors (Lipinski definition) is 4. The maximum absolute atomic E-state index is 12.9. The molecule has 0 fully saturated rings. The average Bonchev–Trinajstić information content (AvgIpc) is 2.94. The van der Waals surface area contributed by atoms with Crippen LogP contribution in [0.3, 0.4) is 0 Å². The van der Waals surface area contributed by atoms with Crippen molar-refractivity contribution in [3.8, 4) is 0 Å². The number of fused-ring (bicyclic) bond motifs is 1. The molecule has 7 heteroatoms. The topological polar surface area (TPSA) is 71.0 Å². The van der Waals surface area contributed by atoms with Gasteiger partial charge in [-0.3, -0.25) is 9.36 Å². The third kappa shape index (κ3) is 3.26. The van der Waals surface area contributed by atoms with Crippen molar-refractivity contribution < 1.29 is 4.79 Å². The number of nitrogens with zero attached hydrogens (tertiary/aromatic N) is 3. The Morgan fingerprint density at radius 1 is 1.42 bits per heavy atom. The number of H-pyrrole nitrogens is 1. The van der Waals surface area contributed by atoms with Gasteiger partial charge in [0.05, 0.1) is 5.25 Å². The van der Waals surface area contributed by atoms with Crippen LogP contribution in [0.25, 0.3) is 0 Å². The van der Waals surface area contributed by atoms with E-state index in [4.69, 9.17) is 0 Å². The van der Waals surface area contributed by atoms with Gasteiger partial charge in [0.2, 0.25) is 5.91 Å². The number of para-hydroxylation sites is 1. The van der Waals surface area contributed by atoms with Gasteiger partial charge in [0.15, 0.2) is 5.16 Å². The summed E-state index contributed by atoms with van der Waals surface area (Å²) >= 11 is 1.34. The molecule has 0 radical (unpaired) electrons. The van der Waals surface area contributed by atoms with Crippen LogP contribution in [0.4, 0.5) is 5.69 Å². The summed E-state index contributed by atoms with van der Waals surface area (Å²) in [4.78, 5) is 26.6. The number of benzene rings is 1. The first-order valence-electron chi connectivity index (χ1n) is 8.33. The van der Waals surface area contributed by atoms with E-state index in [-0.39, 0.29) is 16.8 Å². The Morgan fingerprint density at radius 3 is 3.00 bits per heavy atom. The minimum atomic E-state index is -0.304. The SMILES string of the molecule is CCCn1c(SC(C)C(=O)N2CCCc3ccccc32)n[nH]c1=O. The van der Waals surface area contributed by atoms with E-state index >= 15 is 0 Å². The lowest BCUT2D eigenvalue weighted by atomic mass is 10.0. The summed E-state index contributed by atoms with van der Waals surface area (Å²) in [6, 6.07) is 8.07. The Bertz CT molecular complexity index is 783. The molecule has 1 amide bonds. The molecular weight excluding hydrogens is 324 g/mol. The molecule has 2 heterocycles. The predicted octanol–water partition coefficient (Wildman–Crippen LogP) is 2.44. The van der Waals surface area contributed by atoms with Crippen LogP contribution in [0.1, 0.15) is 32.3 Å². The fourth-order valence-corrected chi connectivity index (χ4v) is 3.95. The van der Waals surface area contributed by atoms with Gasteiger partial charge >= 0.3 is 5.69 Å². The van der Waals surface area contributed by atoms with E-state index in [2.05, 4.69) is 16.3 Å². The largest absolute Gasteiger partial charge is 0.343 e. The van der Waals surface area contributed by atoms with Crippen LogP contribution in [0.5, 0.6) is 0 Å². The quantitative estimate of drug-likeness (QED) is 0.844. The molecule has 128 valence electrons. The maximum atomic E-state index is 12.9. The second kappa shape index (κ2) is 7.25. The number of anilines is 1. The monoisotopic (exact) mass is 346 g/mol. The van der Waals surface area contributed by atoms with Crippen molar-refractivity contribution in [2.24, 2.45) is 0 Å². The number of hydrogen-bond donors (Lipinski definition) is 1. The van der Waals surface area contributed by atoms with Crippen molar-refractivity contribution >= 4 is 23.4 Å². The molecule has 1 aliphatic rings. The molecule has 6 nitrogen and oxygen atoms in total. The Balaban J connectivity index is 1.78. The average molecular weight is 346 g/mol. The molecule has 1 atom stereocenters. The van der Waals surface area contributed by atoms with Crippen molar-refractivity contribution in [1.29, 1.82) is 0 Å². The van der Waals surface area contributed by atoms with Crippen molar-refractivity contribution in [3.05, 3.63) is 40.3 Å². The summed E-state index contributed by atoms with van der Waals surface area (Å²) in [6.45, 7) is 5.22. The third-order valence-electron chi connectivity index (χ3n) is 4.18. The van der Waals surface area contributed by atoms with E-state index < -0.39 is 0 Å². The smallest absolute Gasteiger partial charge is 0.311 e. The first-order valence-corrected chi connectivity index (χ1v) is 9.21. The number of nitrogens with one attached hydrogen (secondary N) is 1. The fourth-order valence-electron chi connectivity index (χ4n) is 3.00. The van der Waals surface area contributed by atoms with E-state index in [9.17, 15) is 9.59 Å². The normalized spacial score (nSPS) is 15.2. The molecule has 24 heavy (non-hydrogen) atoms. The zero-order valence-electron chi connectivity index (χ0n) is 14.0. The molecule has 1 unspecified atom stereocenters. The van der Waals surface area contributed by atoms with Gasteiger partial charge in [0.25, 0.3) is 0 Å². The van der Waals surface area contributed by atoms with Gasteiger partial charge in [0, 0.05) is 18.8 Å². The lowest BCUT2D eigenvalue weighted by molar-refractivity contribution is -0.117. The summed E-state index contributed by atoms with van der Waals surface area (Å²) < 4.78 is 1.60. The Morgan fingerprint density at radius 2 is 2.21 bits per heavy atom. The summed E-state index contributed by atoms with van der Waals surface area (Å²) in [7, 11) is 0. The van der Waals surface area contributed by atoms with Crippen molar-refractivity contribution in [3.63, 3.8) is 0 Å². The number of rotatable bonds is 5. The molecule has 1 aliphatic heterocycles.